The highest BCUT2D eigenvalue weighted by molar-refractivity contribution is 5.95. The Morgan fingerprint density at radius 1 is 1.20 bits per heavy atom. The van der Waals surface area contributed by atoms with Crippen molar-refractivity contribution >= 4 is 22.8 Å². The molecule has 0 spiro atoms. The van der Waals surface area contributed by atoms with Gasteiger partial charge in [-0.25, -0.2) is 14.3 Å². The molecule has 0 saturated carbocycles. The molecule has 1 aromatic carbocycles. The minimum Gasteiger partial charge on any atom is -0.406 e. The first-order valence-corrected chi connectivity index (χ1v) is 8.44. The van der Waals surface area contributed by atoms with Gasteiger partial charge in [0.05, 0.1) is 0 Å². The van der Waals surface area contributed by atoms with Gasteiger partial charge in [0.25, 0.3) is 0 Å². The molecule has 6 heteroatoms. The molecule has 2 aromatic heterocycles. The highest BCUT2D eigenvalue weighted by atomic mass is 16.4. The Balaban J connectivity index is 1.96. The number of carbonyl (C=O) groups is 1. The van der Waals surface area contributed by atoms with E-state index in [1.807, 2.05) is 32.0 Å². The number of aromatic nitrogens is 2. The average molecular weight is 339 g/mol. The molecule has 0 aliphatic rings. The summed E-state index contributed by atoms with van der Waals surface area (Å²) < 4.78 is 6.46. The average Bonchev–Trinajstić information content (AvgIpc) is 2.96. The fraction of sp³-hybridized carbons (Fsp3) is 0.316. The highest BCUT2D eigenvalue weighted by Gasteiger charge is 2.23. The standard InChI is InChI=1S/C19H21N3O3/c1-4-13-8-6-9-14(5-2)16(13)21-18(23)12(3)22-17-15(25-19(22)24)10-7-11-20-17/h6-12H,4-5H2,1-3H3,(H,21,23). The molecule has 1 N–H and O–H groups in total. The SMILES string of the molecule is CCc1cccc(CC)c1NC(=O)C(C)n1c(=O)oc2cccnc21. The number of rotatable bonds is 5. The Morgan fingerprint density at radius 2 is 1.88 bits per heavy atom. The lowest BCUT2D eigenvalue weighted by atomic mass is 10.0. The maximum Gasteiger partial charge on any atom is 0.421 e. The van der Waals surface area contributed by atoms with Crippen molar-refractivity contribution in [2.24, 2.45) is 0 Å². The van der Waals surface area contributed by atoms with Crippen LogP contribution in [0.1, 0.15) is 37.9 Å². The second-order valence-electron chi connectivity index (χ2n) is 5.89. The summed E-state index contributed by atoms with van der Waals surface area (Å²) in [5.41, 5.74) is 3.72. The topological polar surface area (TPSA) is 77.1 Å². The number of hydrogen-bond acceptors (Lipinski definition) is 4. The number of fused-ring (bicyclic) bond motifs is 1. The van der Waals surface area contributed by atoms with Gasteiger partial charge in [0.2, 0.25) is 5.91 Å². The van der Waals surface area contributed by atoms with E-state index in [-0.39, 0.29) is 5.91 Å². The van der Waals surface area contributed by atoms with E-state index in [1.165, 1.54) is 4.57 Å². The summed E-state index contributed by atoms with van der Waals surface area (Å²) in [5, 5.41) is 2.99. The predicted octanol–water partition coefficient (Wildman–Crippen LogP) is 3.31. The van der Waals surface area contributed by atoms with Gasteiger partial charge < -0.3 is 9.73 Å². The van der Waals surface area contributed by atoms with Crippen LogP contribution in [0.5, 0.6) is 0 Å². The first kappa shape index (κ1) is 17.0. The van der Waals surface area contributed by atoms with Crippen LogP contribution in [-0.2, 0) is 17.6 Å². The maximum atomic E-state index is 12.8. The van der Waals surface area contributed by atoms with Crippen LogP contribution in [-0.4, -0.2) is 15.5 Å². The normalized spacial score (nSPS) is 12.3. The Kier molecular flexibility index (Phi) is 4.70. The number of benzene rings is 1. The van der Waals surface area contributed by atoms with Crippen LogP contribution in [0.4, 0.5) is 5.69 Å². The van der Waals surface area contributed by atoms with E-state index in [9.17, 15) is 9.59 Å². The summed E-state index contributed by atoms with van der Waals surface area (Å²) in [5.74, 6) is -0.859. The fourth-order valence-electron chi connectivity index (χ4n) is 2.96. The van der Waals surface area contributed by atoms with Gasteiger partial charge in [0, 0.05) is 11.9 Å². The van der Waals surface area contributed by atoms with Crippen LogP contribution in [0, 0.1) is 0 Å². The predicted molar refractivity (Wildman–Crippen MR) is 96.8 cm³/mol. The molecule has 6 nitrogen and oxygen atoms in total. The zero-order valence-corrected chi connectivity index (χ0v) is 14.6. The lowest BCUT2D eigenvalue weighted by Crippen LogP contribution is -2.30. The Hall–Kier alpha value is -2.89. The van der Waals surface area contributed by atoms with Crippen molar-refractivity contribution in [1.82, 2.24) is 9.55 Å². The lowest BCUT2D eigenvalue weighted by molar-refractivity contribution is -0.118. The van der Waals surface area contributed by atoms with Crippen molar-refractivity contribution < 1.29 is 9.21 Å². The number of nitrogens with zero attached hydrogens (tertiary/aromatic N) is 2. The number of anilines is 1. The number of para-hydroxylation sites is 1. The smallest absolute Gasteiger partial charge is 0.406 e. The van der Waals surface area contributed by atoms with E-state index >= 15 is 0 Å². The van der Waals surface area contributed by atoms with Gasteiger partial charge in [-0.3, -0.25) is 4.79 Å². The zero-order chi connectivity index (χ0) is 18.0. The molecule has 1 unspecified atom stereocenters. The molecule has 0 saturated heterocycles. The molecule has 1 amide bonds. The molecular formula is C19H21N3O3. The summed E-state index contributed by atoms with van der Waals surface area (Å²) in [6, 6.07) is 8.60. The van der Waals surface area contributed by atoms with Crippen LogP contribution >= 0.6 is 0 Å². The molecular weight excluding hydrogens is 318 g/mol. The van der Waals surface area contributed by atoms with E-state index in [1.54, 1.807) is 25.3 Å². The van der Waals surface area contributed by atoms with E-state index in [4.69, 9.17) is 4.42 Å². The third kappa shape index (κ3) is 3.07. The number of oxazole rings is 1. The van der Waals surface area contributed by atoms with Crippen LogP contribution in [0.3, 0.4) is 0 Å². The van der Waals surface area contributed by atoms with E-state index < -0.39 is 11.8 Å². The number of nitrogens with one attached hydrogen (secondary N) is 1. The molecule has 2 heterocycles. The molecule has 25 heavy (non-hydrogen) atoms. The van der Waals surface area contributed by atoms with Gasteiger partial charge in [0.1, 0.15) is 6.04 Å². The van der Waals surface area contributed by atoms with Crippen molar-refractivity contribution in [3.63, 3.8) is 0 Å². The van der Waals surface area contributed by atoms with Gasteiger partial charge in [-0.05, 0) is 43.0 Å². The van der Waals surface area contributed by atoms with Crippen molar-refractivity contribution in [2.45, 2.75) is 39.7 Å². The third-order valence-corrected chi connectivity index (χ3v) is 4.39. The molecule has 1 atom stereocenters. The number of carbonyl (C=O) groups excluding carboxylic acids is 1. The molecule has 0 aliphatic carbocycles. The molecule has 0 fully saturated rings. The van der Waals surface area contributed by atoms with E-state index in [2.05, 4.69) is 10.3 Å². The van der Waals surface area contributed by atoms with E-state index in [0.29, 0.717) is 11.2 Å². The maximum absolute atomic E-state index is 12.8. The first-order chi connectivity index (χ1) is 12.1. The van der Waals surface area contributed by atoms with Crippen molar-refractivity contribution in [3.05, 3.63) is 58.2 Å². The highest BCUT2D eigenvalue weighted by Crippen LogP contribution is 2.24. The Labute approximate surface area is 145 Å². The van der Waals surface area contributed by atoms with Gasteiger partial charge >= 0.3 is 5.76 Å². The summed E-state index contributed by atoms with van der Waals surface area (Å²) in [6.45, 7) is 5.76. The fourth-order valence-corrected chi connectivity index (χ4v) is 2.96. The van der Waals surface area contributed by atoms with Crippen molar-refractivity contribution in [1.29, 1.82) is 0 Å². The number of pyridine rings is 1. The van der Waals surface area contributed by atoms with Crippen LogP contribution in [0.2, 0.25) is 0 Å². The van der Waals surface area contributed by atoms with Crippen molar-refractivity contribution in [2.75, 3.05) is 5.32 Å². The minimum absolute atomic E-state index is 0.272. The molecule has 130 valence electrons. The third-order valence-electron chi connectivity index (χ3n) is 4.39. The second kappa shape index (κ2) is 6.93. The zero-order valence-electron chi connectivity index (χ0n) is 14.6. The lowest BCUT2D eigenvalue weighted by Gasteiger charge is -2.17. The minimum atomic E-state index is -0.738. The molecule has 0 radical (unpaired) electrons. The molecule has 0 aliphatic heterocycles. The summed E-state index contributed by atoms with van der Waals surface area (Å²) in [6.07, 6.45) is 3.20. The molecule has 3 aromatic rings. The van der Waals surface area contributed by atoms with E-state index in [0.717, 1.165) is 29.7 Å². The first-order valence-electron chi connectivity index (χ1n) is 8.44. The number of amides is 1. The van der Waals surface area contributed by atoms with Gasteiger partial charge in [-0.2, -0.15) is 0 Å². The molecule has 0 bridgehead atoms. The van der Waals surface area contributed by atoms with Gasteiger partial charge in [-0.15, -0.1) is 0 Å². The van der Waals surface area contributed by atoms with Gasteiger partial charge in [0.15, 0.2) is 11.2 Å². The number of aryl methyl sites for hydroxylation is 2. The van der Waals surface area contributed by atoms with Crippen LogP contribution < -0.4 is 11.1 Å². The Bertz CT molecular complexity index is 949. The monoisotopic (exact) mass is 339 g/mol. The Morgan fingerprint density at radius 3 is 2.52 bits per heavy atom. The number of hydrogen-bond donors (Lipinski definition) is 1. The van der Waals surface area contributed by atoms with Gasteiger partial charge in [-0.1, -0.05) is 32.0 Å². The van der Waals surface area contributed by atoms with Crippen molar-refractivity contribution in [3.8, 4) is 0 Å². The quantitative estimate of drug-likeness (QED) is 0.773. The summed E-state index contributed by atoms with van der Waals surface area (Å²) >= 11 is 0. The molecule has 3 rings (SSSR count). The van der Waals surface area contributed by atoms with Crippen LogP contribution in [0.15, 0.2) is 45.7 Å². The largest absolute Gasteiger partial charge is 0.421 e. The van der Waals surface area contributed by atoms with Crippen LogP contribution in [0.25, 0.3) is 11.2 Å². The summed E-state index contributed by atoms with van der Waals surface area (Å²) in [7, 11) is 0. The second-order valence-corrected chi connectivity index (χ2v) is 5.89. The summed E-state index contributed by atoms with van der Waals surface area (Å²) in [4.78, 5) is 29.1.